The van der Waals surface area contributed by atoms with Crippen LogP contribution in [0.2, 0.25) is 5.15 Å². The SMILES string of the molecule is COc1ccc(N2CCN(c3cc(Cl)nc(SCc4cccc(C(=O)NC(C)CCc5ccccc5)c4)n3)CC2)cc1. The monoisotopic (exact) mass is 601 g/mol. The molecule has 1 aromatic heterocycles. The Morgan fingerprint density at radius 2 is 1.64 bits per heavy atom. The number of hydrogen-bond acceptors (Lipinski definition) is 7. The summed E-state index contributed by atoms with van der Waals surface area (Å²) >= 11 is 7.94. The highest BCUT2D eigenvalue weighted by Crippen LogP contribution is 2.27. The molecule has 2 heterocycles. The van der Waals surface area contributed by atoms with Crippen molar-refractivity contribution in [2.75, 3.05) is 43.1 Å². The first-order chi connectivity index (χ1) is 20.5. The Hall–Kier alpha value is -3.75. The Labute approximate surface area is 257 Å². The number of thioether (sulfide) groups is 1. The summed E-state index contributed by atoms with van der Waals surface area (Å²) in [7, 11) is 1.68. The number of carbonyl (C=O) groups is 1. The molecule has 1 aliphatic heterocycles. The van der Waals surface area contributed by atoms with Gasteiger partial charge in [0.15, 0.2) is 5.16 Å². The van der Waals surface area contributed by atoms with E-state index in [1.807, 2.05) is 67.6 Å². The number of nitrogens with one attached hydrogen (secondary N) is 1. The molecule has 0 bridgehead atoms. The van der Waals surface area contributed by atoms with Crippen molar-refractivity contribution in [3.05, 3.63) is 107 Å². The van der Waals surface area contributed by atoms with Crippen LogP contribution in [0.4, 0.5) is 11.5 Å². The summed E-state index contributed by atoms with van der Waals surface area (Å²) in [5.41, 5.74) is 4.15. The first-order valence-electron chi connectivity index (χ1n) is 14.2. The van der Waals surface area contributed by atoms with Crippen LogP contribution in [0, 0.1) is 0 Å². The number of hydrogen-bond donors (Lipinski definition) is 1. The second kappa shape index (κ2) is 14.4. The lowest BCUT2D eigenvalue weighted by molar-refractivity contribution is 0.0938. The van der Waals surface area contributed by atoms with Crippen LogP contribution in [0.3, 0.4) is 0 Å². The van der Waals surface area contributed by atoms with Gasteiger partial charge < -0.3 is 19.9 Å². The molecule has 9 heteroatoms. The molecule has 1 unspecified atom stereocenters. The van der Waals surface area contributed by atoms with Crippen LogP contribution in [-0.4, -0.2) is 55.2 Å². The van der Waals surface area contributed by atoms with Gasteiger partial charge in [-0.2, -0.15) is 0 Å². The number of anilines is 2. The fraction of sp³-hybridized carbons (Fsp3) is 0.303. The number of halogens is 1. The summed E-state index contributed by atoms with van der Waals surface area (Å²) < 4.78 is 5.28. The van der Waals surface area contributed by atoms with Crippen molar-refractivity contribution in [2.24, 2.45) is 0 Å². The van der Waals surface area contributed by atoms with Gasteiger partial charge >= 0.3 is 0 Å². The van der Waals surface area contributed by atoms with E-state index in [1.54, 1.807) is 7.11 Å². The second-order valence-corrected chi connectivity index (χ2v) is 11.7. The van der Waals surface area contributed by atoms with Gasteiger partial charge in [0.05, 0.1) is 7.11 Å². The molecule has 4 aromatic rings. The first-order valence-corrected chi connectivity index (χ1v) is 15.6. The maximum Gasteiger partial charge on any atom is 0.251 e. The van der Waals surface area contributed by atoms with Crippen LogP contribution in [0.25, 0.3) is 0 Å². The van der Waals surface area contributed by atoms with Crippen molar-refractivity contribution in [1.29, 1.82) is 0 Å². The molecule has 0 saturated carbocycles. The smallest absolute Gasteiger partial charge is 0.251 e. The molecule has 42 heavy (non-hydrogen) atoms. The van der Waals surface area contributed by atoms with Crippen LogP contribution >= 0.6 is 23.4 Å². The molecule has 0 radical (unpaired) electrons. The lowest BCUT2D eigenvalue weighted by Crippen LogP contribution is -2.46. The van der Waals surface area contributed by atoms with Gasteiger partial charge in [-0.1, -0.05) is 65.8 Å². The zero-order chi connectivity index (χ0) is 29.3. The van der Waals surface area contributed by atoms with Crippen molar-refractivity contribution in [3.8, 4) is 5.75 Å². The molecule has 0 aliphatic carbocycles. The molecule has 0 spiro atoms. The van der Waals surface area contributed by atoms with Crippen molar-refractivity contribution in [3.63, 3.8) is 0 Å². The minimum Gasteiger partial charge on any atom is -0.497 e. The number of carbonyl (C=O) groups excluding carboxylic acids is 1. The number of benzene rings is 3. The van der Waals surface area contributed by atoms with Gasteiger partial charge in [0.25, 0.3) is 5.91 Å². The van der Waals surface area contributed by atoms with E-state index in [2.05, 4.69) is 44.4 Å². The summed E-state index contributed by atoms with van der Waals surface area (Å²) in [6.45, 7) is 5.49. The Morgan fingerprint density at radius 3 is 2.38 bits per heavy atom. The predicted molar refractivity (Wildman–Crippen MR) is 172 cm³/mol. The molecule has 1 saturated heterocycles. The number of aromatic nitrogens is 2. The highest BCUT2D eigenvalue weighted by molar-refractivity contribution is 7.98. The van der Waals surface area contributed by atoms with E-state index in [4.69, 9.17) is 21.3 Å². The van der Waals surface area contributed by atoms with Crippen LogP contribution in [0.1, 0.15) is 34.8 Å². The van der Waals surface area contributed by atoms with Gasteiger partial charge in [-0.05, 0) is 67.3 Å². The van der Waals surface area contributed by atoms with Gasteiger partial charge in [-0.15, -0.1) is 0 Å². The quantitative estimate of drug-likeness (QED) is 0.119. The molecule has 1 aliphatic rings. The molecule has 1 N–H and O–H groups in total. The molecule has 7 nitrogen and oxygen atoms in total. The third kappa shape index (κ3) is 8.17. The molecule has 5 rings (SSSR count). The van der Waals surface area contributed by atoms with E-state index in [-0.39, 0.29) is 11.9 Å². The number of aryl methyl sites for hydroxylation is 1. The number of piperazine rings is 1. The molecule has 1 fully saturated rings. The number of rotatable bonds is 11. The standard InChI is InChI=1S/C33H36ClN5O2S/c1-24(11-12-25-7-4-3-5-8-25)35-32(40)27-10-6-9-26(21-27)23-42-33-36-30(34)22-31(37-33)39-19-17-38(18-20-39)28-13-15-29(41-2)16-14-28/h3-10,13-16,21-22,24H,11-12,17-20,23H2,1-2H3,(H,35,40). The highest BCUT2D eigenvalue weighted by Gasteiger charge is 2.20. The third-order valence-electron chi connectivity index (χ3n) is 7.35. The average molecular weight is 602 g/mol. The van der Waals surface area contributed by atoms with Gasteiger partial charge in [-0.3, -0.25) is 4.79 Å². The van der Waals surface area contributed by atoms with E-state index in [0.29, 0.717) is 21.6 Å². The van der Waals surface area contributed by atoms with Gasteiger partial charge in [0.2, 0.25) is 0 Å². The fourth-order valence-electron chi connectivity index (χ4n) is 4.96. The van der Waals surface area contributed by atoms with E-state index in [9.17, 15) is 4.79 Å². The van der Waals surface area contributed by atoms with Crippen molar-refractivity contribution in [2.45, 2.75) is 36.7 Å². The molecule has 1 amide bonds. The Kier molecular flexibility index (Phi) is 10.2. The largest absolute Gasteiger partial charge is 0.497 e. The third-order valence-corrected chi connectivity index (χ3v) is 8.46. The summed E-state index contributed by atoms with van der Waals surface area (Å²) in [4.78, 5) is 26.8. The number of methoxy groups -OCH3 is 1. The topological polar surface area (TPSA) is 70.6 Å². The Balaban J connectivity index is 1.14. The van der Waals surface area contributed by atoms with Crippen LogP contribution in [0.15, 0.2) is 90.1 Å². The number of nitrogens with zero attached hydrogens (tertiary/aromatic N) is 4. The van der Waals surface area contributed by atoms with Crippen molar-refractivity contribution >= 4 is 40.8 Å². The van der Waals surface area contributed by atoms with E-state index < -0.39 is 0 Å². The molecular weight excluding hydrogens is 566 g/mol. The second-order valence-electron chi connectivity index (χ2n) is 10.4. The minimum absolute atomic E-state index is 0.0579. The van der Waals surface area contributed by atoms with Crippen LogP contribution in [-0.2, 0) is 12.2 Å². The van der Waals surface area contributed by atoms with Crippen molar-refractivity contribution < 1.29 is 9.53 Å². The fourth-order valence-corrected chi connectivity index (χ4v) is 5.98. The van der Waals surface area contributed by atoms with Crippen LogP contribution in [0.5, 0.6) is 5.75 Å². The average Bonchev–Trinajstić information content (AvgIpc) is 3.03. The molecule has 3 aromatic carbocycles. The zero-order valence-corrected chi connectivity index (χ0v) is 25.6. The lowest BCUT2D eigenvalue weighted by atomic mass is 10.1. The molecule has 218 valence electrons. The van der Waals surface area contributed by atoms with Gasteiger partial charge in [0, 0.05) is 55.3 Å². The van der Waals surface area contributed by atoms with Gasteiger partial charge in [-0.25, -0.2) is 9.97 Å². The number of ether oxygens (including phenoxy) is 1. The normalized spacial score (nSPS) is 14.0. The highest BCUT2D eigenvalue weighted by atomic mass is 35.5. The van der Waals surface area contributed by atoms with Crippen molar-refractivity contribution in [1.82, 2.24) is 15.3 Å². The van der Waals surface area contributed by atoms with Crippen LogP contribution < -0.4 is 19.9 Å². The minimum atomic E-state index is -0.0579. The zero-order valence-electron chi connectivity index (χ0n) is 24.0. The van der Waals surface area contributed by atoms with E-state index >= 15 is 0 Å². The Bertz CT molecular complexity index is 1460. The van der Waals surface area contributed by atoms with Gasteiger partial charge in [0.1, 0.15) is 16.7 Å². The maximum absolute atomic E-state index is 12.9. The summed E-state index contributed by atoms with van der Waals surface area (Å²) in [6, 6.07) is 28.2. The summed E-state index contributed by atoms with van der Waals surface area (Å²) in [5.74, 6) is 2.27. The number of amides is 1. The molecular formula is C33H36ClN5O2S. The first kappa shape index (κ1) is 29.7. The summed E-state index contributed by atoms with van der Waals surface area (Å²) in [6.07, 6.45) is 1.81. The van der Waals surface area contributed by atoms with E-state index in [1.165, 1.54) is 23.0 Å². The van der Waals surface area contributed by atoms with E-state index in [0.717, 1.165) is 56.2 Å². The molecule has 1 atom stereocenters. The maximum atomic E-state index is 12.9. The Morgan fingerprint density at radius 1 is 0.929 bits per heavy atom. The lowest BCUT2D eigenvalue weighted by Gasteiger charge is -2.36. The predicted octanol–water partition coefficient (Wildman–Crippen LogP) is 6.51. The summed E-state index contributed by atoms with van der Waals surface area (Å²) in [5, 5.41) is 4.19.